The van der Waals surface area contributed by atoms with Crippen molar-refractivity contribution in [3.8, 4) is 0 Å². The Balaban J connectivity index is 1.76. The number of aromatic nitrogens is 1. The normalized spacial score (nSPS) is 11.3. The number of hydrogen-bond acceptors (Lipinski definition) is 5. The number of thiazole rings is 1. The molecule has 0 unspecified atom stereocenters. The monoisotopic (exact) mass is 399 g/mol. The van der Waals surface area contributed by atoms with E-state index < -0.39 is 5.91 Å². The molecule has 4 rings (SSSR count). The second-order valence-corrected chi connectivity index (χ2v) is 6.94. The van der Waals surface area contributed by atoms with Gasteiger partial charge in [-0.15, -0.1) is 0 Å². The predicted molar refractivity (Wildman–Crippen MR) is 104 cm³/mol. The van der Waals surface area contributed by atoms with E-state index >= 15 is 0 Å². The van der Waals surface area contributed by atoms with E-state index in [9.17, 15) is 9.18 Å². The standard InChI is InChI=1S/C19H11ClFN3O2S/c20-13-5-3-12(4-6-13)18(25)24(22-11-15-2-1-9-26-15)19-23-16-8-7-14(21)10-17(16)27-19/h1-11H/b22-11-. The fraction of sp³-hybridized carbons (Fsp3) is 0. The van der Waals surface area contributed by atoms with Crippen LogP contribution < -0.4 is 5.01 Å². The van der Waals surface area contributed by atoms with Crippen LogP contribution in [0.1, 0.15) is 16.1 Å². The molecule has 134 valence electrons. The number of anilines is 1. The average molecular weight is 400 g/mol. The molecule has 8 heteroatoms. The van der Waals surface area contributed by atoms with Crippen LogP contribution in [-0.4, -0.2) is 17.1 Å². The van der Waals surface area contributed by atoms with Crippen molar-refractivity contribution in [1.82, 2.24) is 4.98 Å². The lowest BCUT2D eigenvalue weighted by molar-refractivity contribution is 0.0988. The van der Waals surface area contributed by atoms with E-state index in [2.05, 4.69) is 10.1 Å². The minimum Gasteiger partial charge on any atom is -0.463 e. The minimum atomic E-state index is -0.394. The van der Waals surface area contributed by atoms with Gasteiger partial charge in [-0.1, -0.05) is 22.9 Å². The number of benzene rings is 2. The highest BCUT2D eigenvalue weighted by Crippen LogP contribution is 2.30. The molecule has 5 nitrogen and oxygen atoms in total. The third-order valence-electron chi connectivity index (χ3n) is 3.65. The van der Waals surface area contributed by atoms with Crippen LogP contribution >= 0.6 is 22.9 Å². The van der Waals surface area contributed by atoms with Crippen LogP contribution in [-0.2, 0) is 0 Å². The fourth-order valence-electron chi connectivity index (χ4n) is 2.36. The molecule has 0 aliphatic rings. The van der Waals surface area contributed by atoms with Gasteiger partial charge in [-0.25, -0.2) is 9.37 Å². The summed E-state index contributed by atoms with van der Waals surface area (Å²) in [6.07, 6.45) is 2.92. The Bertz CT molecular complexity index is 1120. The summed E-state index contributed by atoms with van der Waals surface area (Å²) in [4.78, 5) is 17.4. The summed E-state index contributed by atoms with van der Waals surface area (Å²) in [5.41, 5.74) is 0.972. The highest BCUT2D eigenvalue weighted by Gasteiger charge is 2.21. The van der Waals surface area contributed by atoms with Crippen LogP contribution in [0.4, 0.5) is 9.52 Å². The van der Waals surface area contributed by atoms with Crippen molar-refractivity contribution in [2.24, 2.45) is 5.10 Å². The second-order valence-electron chi connectivity index (χ2n) is 5.49. The van der Waals surface area contributed by atoms with Gasteiger partial charge in [0, 0.05) is 10.6 Å². The number of hydrogen-bond donors (Lipinski definition) is 0. The Kier molecular flexibility index (Phi) is 4.70. The number of amides is 1. The largest absolute Gasteiger partial charge is 0.463 e. The molecular formula is C19H11ClFN3O2S. The van der Waals surface area contributed by atoms with E-state index in [1.54, 1.807) is 42.5 Å². The maximum Gasteiger partial charge on any atom is 0.280 e. The fourth-order valence-corrected chi connectivity index (χ4v) is 3.43. The molecule has 0 fully saturated rings. The Morgan fingerprint density at radius 3 is 2.78 bits per heavy atom. The number of furan rings is 1. The summed E-state index contributed by atoms with van der Waals surface area (Å²) < 4.78 is 19.3. The molecule has 0 aliphatic carbocycles. The maximum atomic E-state index is 13.5. The van der Waals surface area contributed by atoms with Crippen molar-refractivity contribution in [2.45, 2.75) is 0 Å². The van der Waals surface area contributed by atoms with Gasteiger partial charge < -0.3 is 4.42 Å². The summed E-state index contributed by atoms with van der Waals surface area (Å²) in [5.74, 6) is -0.280. The third kappa shape index (κ3) is 3.74. The third-order valence-corrected chi connectivity index (χ3v) is 4.89. The Labute approximate surface area is 162 Å². The predicted octanol–water partition coefficient (Wildman–Crippen LogP) is 5.36. The summed E-state index contributed by atoms with van der Waals surface area (Å²) in [6, 6.07) is 14.1. The number of hydrazone groups is 1. The van der Waals surface area contributed by atoms with E-state index in [0.717, 1.165) is 5.01 Å². The van der Waals surface area contributed by atoms with E-state index in [1.807, 2.05) is 0 Å². The highest BCUT2D eigenvalue weighted by molar-refractivity contribution is 7.22. The molecule has 4 aromatic rings. The Morgan fingerprint density at radius 2 is 2.04 bits per heavy atom. The summed E-state index contributed by atoms with van der Waals surface area (Å²) >= 11 is 7.06. The van der Waals surface area contributed by atoms with Gasteiger partial charge >= 0.3 is 0 Å². The molecule has 0 saturated heterocycles. The molecule has 0 spiro atoms. The average Bonchev–Trinajstić information content (AvgIpc) is 3.31. The van der Waals surface area contributed by atoms with Crippen LogP contribution in [0.2, 0.25) is 5.02 Å². The molecule has 0 saturated carbocycles. The Morgan fingerprint density at radius 1 is 1.22 bits per heavy atom. The van der Waals surface area contributed by atoms with Gasteiger partial charge in [-0.3, -0.25) is 4.79 Å². The van der Waals surface area contributed by atoms with Gasteiger partial charge in [-0.2, -0.15) is 10.1 Å². The number of nitrogens with zero attached hydrogens (tertiary/aromatic N) is 3. The summed E-state index contributed by atoms with van der Waals surface area (Å²) in [7, 11) is 0. The molecule has 0 aliphatic heterocycles. The quantitative estimate of drug-likeness (QED) is 0.342. The van der Waals surface area contributed by atoms with Crippen LogP contribution in [0.25, 0.3) is 10.2 Å². The van der Waals surface area contributed by atoms with Gasteiger partial charge in [0.2, 0.25) is 5.13 Å². The number of carbonyl (C=O) groups excluding carboxylic acids is 1. The molecule has 2 heterocycles. The van der Waals surface area contributed by atoms with E-state index in [4.69, 9.17) is 16.0 Å². The zero-order valence-corrected chi connectivity index (χ0v) is 15.2. The smallest absolute Gasteiger partial charge is 0.280 e. The second kappa shape index (κ2) is 7.30. The zero-order valence-electron chi connectivity index (χ0n) is 13.7. The van der Waals surface area contributed by atoms with Gasteiger partial charge in [0.1, 0.15) is 11.6 Å². The van der Waals surface area contributed by atoms with Crippen molar-refractivity contribution >= 4 is 50.4 Å². The topological polar surface area (TPSA) is 58.7 Å². The molecule has 0 radical (unpaired) electrons. The molecule has 27 heavy (non-hydrogen) atoms. The maximum absolute atomic E-state index is 13.5. The first kappa shape index (κ1) is 17.4. The lowest BCUT2D eigenvalue weighted by atomic mass is 10.2. The van der Waals surface area contributed by atoms with Crippen molar-refractivity contribution < 1.29 is 13.6 Å². The molecule has 0 atom stereocenters. The van der Waals surface area contributed by atoms with Crippen LogP contribution in [0.15, 0.2) is 70.4 Å². The molecule has 0 N–H and O–H groups in total. The first-order valence-electron chi connectivity index (χ1n) is 7.84. The number of rotatable bonds is 4. The highest BCUT2D eigenvalue weighted by atomic mass is 35.5. The van der Waals surface area contributed by atoms with Gasteiger partial charge in [0.05, 0.1) is 22.7 Å². The van der Waals surface area contributed by atoms with Crippen molar-refractivity contribution in [1.29, 1.82) is 0 Å². The van der Waals surface area contributed by atoms with Gasteiger partial charge in [-0.05, 0) is 54.6 Å². The molecular weight excluding hydrogens is 389 g/mol. The van der Waals surface area contributed by atoms with E-state index in [0.29, 0.717) is 31.7 Å². The number of carbonyl (C=O) groups is 1. The SMILES string of the molecule is O=C(c1ccc(Cl)cc1)N(/N=C\c1ccco1)c1nc2ccc(F)cc2s1. The van der Waals surface area contributed by atoms with Crippen molar-refractivity contribution in [3.63, 3.8) is 0 Å². The lowest BCUT2D eigenvalue weighted by Gasteiger charge is -2.13. The number of fused-ring (bicyclic) bond motifs is 1. The van der Waals surface area contributed by atoms with Gasteiger partial charge in [0.25, 0.3) is 5.91 Å². The van der Waals surface area contributed by atoms with Crippen molar-refractivity contribution in [3.05, 3.63) is 83.0 Å². The molecule has 2 aromatic heterocycles. The van der Waals surface area contributed by atoms with E-state index in [-0.39, 0.29) is 5.82 Å². The van der Waals surface area contributed by atoms with Crippen LogP contribution in [0.5, 0.6) is 0 Å². The van der Waals surface area contributed by atoms with Crippen molar-refractivity contribution in [2.75, 3.05) is 5.01 Å². The van der Waals surface area contributed by atoms with Crippen LogP contribution in [0, 0.1) is 5.82 Å². The Hall–Kier alpha value is -3.03. The molecule has 2 aromatic carbocycles. The summed E-state index contributed by atoms with van der Waals surface area (Å²) in [6.45, 7) is 0. The van der Waals surface area contributed by atoms with E-state index in [1.165, 1.54) is 35.9 Å². The molecule has 1 amide bonds. The minimum absolute atomic E-state index is 0.318. The van der Waals surface area contributed by atoms with Gasteiger partial charge in [0.15, 0.2) is 0 Å². The first-order chi connectivity index (χ1) is 13.1. The molecule has 0 bridgehead atoms. The van der Waals surface area contributed by atoms with Crippen LogP contribution in [0.3, 0.4) is 0 Å². The summed E-state index contributed by atoms with van der Waals surface area (Å²) in [5, 5.41) is 6.24. The first-order valence-corrected chi connectivity index (χ1v) is 9.03. The lowest BCUT2D eigenvalue weighted by Crippen LogP contribution is -2.25. The number of halogens is 2. The zero-order chi connectivity index (χ0) is 18.8.